The van der Waals surface area contributed by atoms with Crippen LogP contribution < -0.4 is 5.76 Å². The van der Waals surface area contributed by atoms with Gasteiger partial charge in [0.15, 0.2) is 5.82 Å². The van der Waals surface area contributed by atoms with Crippen LogP contribution in [0.4, 0.5) is 13.2 Å². The number of likely N-dealkylation sites (tertiary alicyclic amines) is 1. The highest BCUT2D eigenvalue weighted by Gasteiger charge is 2.35. The van der Waals surface area contributed by atoms with Crippen LogP contribution in [0.25, 0.3) is 0 Å². The third kappa shape index (κ3) is 3.64. The van der Waals surface area contributed by atoms with Gasteiger partial charge in [0.1, 0.15) is 5.82 Å². The van der Waals surface area contributed by atoms with Gasteiger partial charge in [-0.2, -0.15) is 0 Å². The summed E-state index contributed by atoms with van der Waals surface area (Å²) in [4.78, 5) is 13.3. The molecule has 2 aromatic rings. The maximum absolute atomic E-state index is 13.9. The van der Waals surface area contributed by atoms with Crippen LogP contribution in [-0.4, -0.2) is 33.6 Å². The van der Waals surface area contributed by atoms with Crippen molar-refractivity contribution in [2.24, 2.45) is 0 Å². The van der Waals surface area contributed by atoms with Gasteiger partial charge in [-0.3, -0.25) is 14.0 Å². The second-order valence-electron chi connectivity index (χ2n) is 5.82. The van der Waals surface area contributed by atoms with Crippen LogP contribution in [0.5, 0.6) is 0 Å². The third-order valence-electron chi connectivity index (χ3n) is 3.98. The van der Waals surface area contributed by atoms with E-state index >= 15 is 0 Å². The van der Waals surface area contributed by atoms with Crippen molar-refractivity contribution in [2.75, 3.05) is 13.1 Å². The van der Waals surface area contributed by atoms with Gasteiger partial charge >= 0.3 is 5.76 Å². The summed E-state index contributed by atoms with van der Waals surface area (Å²) in [5.74, 6) is -3.95. The SMILES string of the molecule is O=c1onc(CN2CCCC(F)(F)C2)n1Cc1c(F)cccc1Cl. The molecule has 9 heteroatoms. The van der Waals surface area contributed by atoms with E-state index in [9.17, 15) is 18.0 Å². The van der Waals surface area contributed by atoms with Crippen molar-refractivity contribution >= 4 is 11.6 Å². The zero-order chi connectivity index (χ0) is 17.3. The van der Waals surface area contributed by atoms with Gasteiger partial charge in [0.2, 0.25) is 0 Å². The van der Waals surface area contributed by atoms with Crippen molar-refractivity contribution in [3.8, 4) is 0 Å². The van der Waals surface area contributed by atoms with Crippen LogP contribution in [0.2, 0.25) is 5.02 Å². The average molecular weight is 362 g/mol. The molecule has 1 aromatic carbocycles. The lowest BCUT2D eigenvalue weighted by Crippen LogP contribution is -2.42. The molecule has 0 N–H and O–H groups in total. The summed E-state index contributed by atoms with van der Waals surface area (Å²) in [6, 6.07) is 4.18. The van der Waals surface area contributed by atoms with Crippen molar-refractivity contribution < 1.29 is 17.7 Å². The number of benzene rings is 1. The standard InChI is InChI=1S/C15H15ClF3N3O2/c16-11-3-1-4-12(17)10(11)7-22-13(20-24-14(22)23)8-21-6-2-5-15(18,19)9-21/h1,3-4H,2,5-9H2. The van der Waals surface area contributed by atoms with Crippen molar-refractivity contribution in [3.63, 3.8) is 0 Å². The van der Waals surface area contributed by atoms with Gasteiger partial charge in [-0.25, -0.2) is 18.0 Å². The summed E-state index contributed by atoms with van der Waals surface area (Å²) in [7, 11) is 0. The minimum atomic E-state index is -2.76. The fraction of sp³-hybridized carbons (Fsp3) is 0.467. The number of nitrogens with zero attached hydrogens (tertiary/aromatic N) is 3. The summed E-state index contributed by atoms with van der Waals surface area (Å²) in [6.45, 7) is -0.0909. The number of hydrogen-bond acceptors (Lipinski definition) is 4. The molecule has 0 radical (unpaired) electrons. The summed E-state index contributed by atoms with van der Waals surface area (Å²) in [6.07, 6.45) is 0.203. The summed E-state index contributed by atoms with van der Waals surface area (Å²) in [5, 5.41) is 3.80. The van der Waals surface area contributed by atoms with Gasteiger partial charge in [0.05, 0.1) is 19.6 Å². The van der Waals surface area contributed by atoms with Gasteiger partial charge in [0.25, 0.3) is 5.92 Å². The molecule has 2 heterocycles. The van der Waals surface area contributed by atoms with Crippen molar-refractivity contribution in [1.82, 2.24) is 14.6 Å². The Kier molecular flexibility index (Phi) is 4.69. The number of rotatable bonds is 4. The monoisotopic (exact) mass is 361 g/mol. The molecule has 0 bridgehead atoms. The Hall–Kier alpha value is -1.80. The van der Waals surface area contributed by atoms with Gasteiger partial charge in [-0.15, -0.1) is 0 Å². The van der Waals surface area contributed by atoms with Gasteiger partial charge in [-0.1, -0.05) is 22.8 Å². The van der Waals surface area contributed by atoms with Gasteiger partial charge < -0.3 is 0 Å². The summed E-state index contributed by atoms with van der Waals surface area (Å²) in [5.41, 5.74) is 0.120. The normalized spacial score (nSPS) is 18.0. The molecule has 0 spiro atoms. The molecule has 1 aromatic heterocycles. The minimum Gasteiger partial charge on any atom is -0.296 e. The van der Waals surface area contributed by atoms with Crippen LogP contribution in [0.3, 0.4) is 0 Å². The lowest BCUT2D eigenvalue weighted by atomic mass is 10.1. The van der Waals surface area contributed by atoms with E-state index in [1.54, 1.807) is 0 Å². The Labute approximate surface area is 140 Å². The van der Waals surface area contributed by atoms with E-state index in [1.165, 1.54) is 23.1 Å². The minimum absolute atomic E-state index is 0.0212. The highest BCUT2D eigenvalue weighted by Crippen LogP contribution is 2.27. The second kappa shape index (κ2) is 6.60. The molecule has 0 amide bonds. The highest BCUT2D eigenvalue weighted by molar-refractivity contribution is 6.31. The molecule has 1 saturated heterocycles. The fourth-order valence-electron chi connectivity index (χ4n) is 2.79. The van der Waals surface area contributed by atoms with Crippen LogP contribution in [0.15, 0.2) is 27.5 Å². The first-order chi connectivity index (χ1) is 11.4. The maximum Gasteiger partial charge on any atom is 0.441 e. The van der Waals surface area contributed by atoms with Crippen molar-refractivity contribution in [3.05, 3.63) is 51.0 Å². The Morgan fingerprint density at radius 3 is 2.83 bits per heavy atom. The number of halogens is 4. The smallest absolute Gasteiger partial charge is 0.296 e. The number of hydrogen-bond donors (Lipinski definition) is 0. The predicted octanol–water partition coefficient (Wildman–Crippen LogP) is 2.91. The van der Waals surface area contributed by atoms with E-state index in [0.29, 0.717) is 13.0 Å². The van der Waals surface area contributed by atoms with Gasteiger partial charge in [-0.05, 0) is 25.1 Å². The zero-order valence-electron chi connectivity index (χ0n) is 12.6. The Balaban J connectivity index is 1.83. The van der Waals surface area contributed by atoms with Crippen LogP contribution in [0.1, 0.15) is 24.2 Å². The molecule has 1 fully saturated rings. The number of alkyl halides is 2. The second-order valence-corrected chi connectivity index (χ2v) is 6.23. The van der Waals surface area contributed by atoms with Gasteiger partial charge in [0, 0.05) is 17.0 Å². The topological polar surface area (TPSA) is 51.3 Å². The average Bonchev–Trinajstić information content (AvgIpc) is 2.83. The molecule has 0 atom stereocenters. The Morgan fingerprint density at radius 1 is 1.33 bits per heavy atom. The molecule has 1 aliphatic heterocycles. The fourth-order valence-corrected chi connectivity index (χ4v) is 3.01. The predicted molar refractivity (Wildman–Crippen MR) is 80.7 cm³/mol. The highest BCUT2D eigenvalue weighted by atomic mass is 35.5. The van der Waals surface area contributed by atoms with Crippen molar-refractivity contribution in [2.45, 2.75) is 31.9 Å². The lowest BCUT2D eigenvalue weighted by Gasteiger charge is -2.31. The van der Waals surface area contributed by atoms with Crippen LogP contribution in [-0.2, 0) is 13.1 Å². The van der Waals surface area contributed by atoms with Crippen LogP contribution in [0, 0.1) is 5.82 Å². The summed E-state index contributed by atoms with van der Waals surface area (Å²) < 4.78 is 46.6. The molecular formula is C15H15ClF3N3O2. The molecule has 5 nitrogen and oxygen atoms in total. The van der Waals surface area contributed by atoms with E-state index in [2.05, 4.69) is 9.68 Å². The first kappa shape index (κ1) is 17.0. The van der Waals surface area contributed by atoms with E-state index in [1.807, 2.05) is 0 Å². The van der Waals surface area contributed by atoms with E-state index in [4.69, 9.17) is 11.6 Å². The molecule has 24 heavy (non-hydrogen) atoms. The maximum atomic E-state index is 13.9. The quantitative estimate of drug-likeness (QED) is 0.840. The largest absolute Gasteiger partial charge is 0.441 e. The lowest BCUT2D eigenvalue weighted by molar-refractivity contribution is -0.0669. The number of aromatic nitrogens is 2. The number of piperidine rings is 1. The summed E-state index contributed by atoms with van der Waals surface area (Å²) >= 11 is 5.96. The van der Waals surface area contributed by atoms with Crippen molar-refractivity contribution in [1.29, 1.82) is 0 Å². The first-order valence-electron chi connectivity index (χ1n) is 7.44. The van der Waals surface area contributed by atoms with E-state index < -0.39 is 24.0 Å². The molecule has 0 unspecified atom stereocenters. The zero-order valence-corrected chi connectivity index (χ0v) is 13.4. The molecule has 0 aliphatic carbocycles. The Bertz CT molecular complexity index is 770. The molecule has 1 aliphatic rings. The third-order valence-corrected chi connectivity index (χ3v) is 4.33. The molecular weight excluding hydrogens is 347 g/mol. The Morgan fingerprint density at radius 2 is 2.12 bits per heavy atom. The first-order valence-corrected chi connectivity index (χ1v) is 7.82. The molecule has 3 rings (SSSR count). The van der Waals surface area contributed by atoms with E-state index in [0.717, 1.165) is 4.57 Å². The van der Waals surface area contributed by atoms with E-state index in [-0.39, 0.29) is 35.9 Å². The molecule has 130 valence electrons. The van der Waals surface area contributed by atoms with Crippen LogP contribution >= 0.6 is 11.6 Å². The molecule has 0 saturated carbocycles.